The highest BCUT2D eigenvalue weighted by atomic mass is 32.2. The van der Waals surface area contributed by atoms with Crippen molar-refractivity contribution in [1.29, 1.82) is 0 Å². The zero-order valence-electron chi connectivity index (χ0n) is 19.0. The van der Waals surface area contributed by atoms with Gasteiger partial charge in [-0.25, -0.2) is 8.42 Å². The Kier molecular flexibility index (Phi) is 6.18. The van der Waals surface area contributed by atoms with Crippen molar-refractivity contribution in [2.24, 2.45) is 0 Å². The van der Waals surface area contributed by atoms with Crippen LogP contribution in [0.3, 0.4) is 0 Å². The number of ether oxygens (including phenoxy) is 2. The first kappa shape index (κ1) is 22.6. The third-order valence-electron chi connectivity index (χ3n) is 6.10. The summed E-state index contributed by atoms with van der Waals surface area (Å²) in [6, 6.07) is 8.31. The van der Waals surface area contributed by atoms with Crippen LogP contribution < -0.4 is 14.8 Å². The minimum Gasteiger partial charge on any atom is -0.486 e. The summed E-state index contributed by atoms with van der Waals surface area (Å²) < 4.78 is 39.6. The molecule has 4 rings (SSSR count). The number of hydrogen-bond acceptors (Lipinski definition) is 5. The second kappa shape index (κ2) is 8.75. The second-order valence-corrected chi connectivity index (χ2v) is 10.5. The van der Waals surface area contributed by atoms with Crippen LogP contribution in [0.4, 0.5) is 0 Å². The van der Waals surface area contributed by atoms with Crippen molar-refractivity contribution < 1.29 is 22.7 Å². The van der Waals surface area contributed by atoms with E-state index in [4.69, 9.17) is 9.47 Å². The highest BCUT2D eigenvalue weighted by molar-refractivity contribution is 7.89. The van der Waals surface area contributed by atoms with Gasteiger partial charge >= 0.3 is 0 Å². The smallest absolute Gasteiger partial charge is 0.244 e. The molecule has 2 aromatic rings. The molecule has 0 aliphatic carbocycles. The van der Waals surface area contributed by atoms with Gasteiger partial charge in [0.15, 0.2) is 11.5 Å². The Morgan fingerprint density at radius 3 is 2.41 bits per heavy atom. The van der Waals surface area contributed by atoms with E-state index in [1.165, 1.54) is 4.31 Å². The predicted molar refractivity (Wildman–Crippen MR) is 122 cm³/mol. The van der Waals surface area contributed by atoms with Gasteiger partial charge in [-0.05, 0) is 69.4 Å². The summed E-state index contributed by atoms with van der Waals surface area (Å²) in [6.45, 7) is 8.79. The van der Waals surface area contributed by atoms with E-state index in [9.17, 15) is 13.2 Å². The minimum atomic E-state index is -3.79. The zero-order valence-corrected chi connectivity index (χ0v) is 19.8. The maximum absolute atomic E-state index is 13.5. The SMILES string of the molecule is Cc1cc(C)c(S(=O)(=O)N2CCCC2C(=O)NC(C)c2ccc3c(c2)OCCO3)c(C)c1. The molecule has 172 valence electrons. The first-order valence-electron chi connectivity index (χ1n) is 11.0. The van der Waals surface area contributed by atoms with Crippen molar-refractivity contribution in [3.8, 4) is 11.5 Å². The molecule has 2 aromatic carbocycles. The number of fused-ring (bicyclic) bond motifs is 1. The number of nitrogens with zero attached hydrogens (tertiary/aromatic N) is 1. The van der Waals surface area contributed by atoms with Crippen molar-refractivity contribution in [3.63, 3.8) is 0 Å². The molecule has 32 heavy (non-hydrogen) atoms. The summed E-state index contributed by atoms with van der Waals surface area (Å²) in [5, 5.41) is 3.00. The van der Waals surface area contributed by atoms with Crippen LogP contribution in [0.25, 0.3) is 0 Å². The highest BCUT2D eigenvalue weighted by Crippen LogP contribution is 2.34. The summed E-state index contributed by atoms with van der Waals surface area (Å²) in [7, 11) is -3.79. The fourth-order valence-electron chi connectivity index (χ4n) is 4.70. The van der Waals surface area contributed by atoms with Crippen LogP contribution in [0.5, 0.6) is 11.5 Å². The molecular weight excluding hydrogens is 428 g/mol. The number of hydrogen-bond donors (Lipinski definition) is 1. The first-order chi connectivity index (χ1) is 15.2. The van der Waals surface area contributed by atoms with Crippen LogP contribution in [-0.4, -0.2) is 44.4 Å². The molecule has 1 amide bonds. The van der Waals surface area contributed by atoms with Crippen molar-refractivity contribution in [3.05, 3.63) is 52.6 Å². The lowest BCUT2D eigenvalue weighted by Crippen LogP contribution is -2.46. The van der Waals surface area contributed by atoms with Crippen LogP contribution in [-0.2, 0) is 14.8 Å². The third kappa shape index (κ3) is 4.21. The van der Waals surface area contributed by atoms with Gasteiger partial charge in [0, 0.05) is 6.54 Å². The number of sulfonamides is 1. The van der Waals surface area contributed by atoms with Gasteiger partial charge < -0.3 is 14.8 Å². The Morgan fingerprint density at radius 1 is 1.06 bits per heavy atom. The lowest BCUT2D eigenvalue weighted by molar-refractivity contribution is -0.124. The molecule has 0 radical (unpaired) electrons. The number of amides is 1. The van der Waals surface area contributed by atoms with Crippen LogP contribution in [0.15, 0.2) is 35.2 Å². The quantitative estimate of drug-likeness (QED) is 0.742. The van der Waals surface area contributed by atoms with Gasteiger partial charge in [0.1, 0.15) is 19.3 Å². The molecule has 0 spiro atoms. The number of carbonyl (C=O) groups excluding carboxylic acids is 1. The van der Waals surface area contributed by atoms with Gasteiger partial charge in [-0.3, -0.25) is 4.79 Å². The monoisotopic (exact) mass is 458 g/mol. The standard InChI is InChI=1S/C24H30N2O5S/c1-15-12-16(2)23(17(3)13-15)32(28,29)26-9-5-6-20(26)24(27)25-18(4)19-7-8-21-22(14-19)31-11-10-30-21/h7-8,12-14,18,20H,5-6,9-11H2,1-4H3,(H,25,27). The van der Waals surface area contributed by atoms with E-state index in [0.29, 0.717) is 60.1 Å². The molecule has 2 aliphatic rings. The van der Waals surface area contributed by atoms with E-state index < -0.39 is 16.1 Å². The van der Waals surface area contributed by atoms with Crippen LogP contribution in [0, 0.1) is 20.8 Å². The average molecular weight is 459 g/mol. The number of nitrogens with one attached hydrogen (secondary N) is 1. The molecule has 0 saturated carbocycles. The molecule has 2 unspecified atom stereocenters. The van der Waals surface area contributed by atoms with Gasteiger partial charge in [-0.2, -0.15) is 4.31 Å². The Hall–Kier alpha value is -2.58. The van der Waals surface area contributed by atoms with Gasteiger partial charge in [0.25, 0.3) is 0 Å². The molecule has 8 heteroatoms. The summed E-state index contributed by atoms with van der Waals surface area (Å²) in [6.07, 6.45) is 1.16. The summed E-state index contributed by atoms with van der Waals surface area (Å²) in [5.74, 6) is 1.07. The van der Waals surface area contributed by atoms with Gasteiger partial charge in [-0.15, -0.1) is 0 Å². The second-order valence-electron chi connectivity index (χ2n) is 8.63. The van der Waals surface area contributed by atoms with Gasteiger partial charge in [0.05, 0.1) is 10.9 Å². The molecular formula is C24H30N2O5S. The summed E-state index contributed by atoms with van der Waals surface area (Å²) in [4.78, 5) is 13.5. The molecule has 2 heterocycles. The lowest BCUT2D eigenvalue weighted by atomic mass is 10.1. The Labute approximate surface area is 189 Å². The van der Waals surface area contributed by atoms with Crippen molar-refractivity contribution in [2.45, 2.75) is 57.5 Å². The van der Waals surface area contributed by atoms with Gasteiger partial charge in [0.2, 0.25) is 15.9 Å². The number of carbonyl (C=O) groups is 1. The third-order valence-corrected chi connectivity index (χ3v) is 8.32. The molecule has 1 N–H and O–H groups in total. The number of rotatable bonds is 5. The predicted octanol–water partition coefficient (Wildman–Crippen LogP) is 3.41. The first-order valence-corrected chi connectivity index (χ1v) is 12.4. The van der Waals surface area contributed by atoms with Gasteiger partial charge in [-0.1, -0.05) is 23.8 Å². The largest absolute Gasteiger partial charge is 0.486 e. The number of aryl methyl sites for hydroxylation is 3. The molecule has 0 bridgehead atoms. The molecule has 1 fully saturated rings. The number of benzene rings is 2. The minimum absolute atomic E-state index is 0.282. The summed E-state index contributed by atoms with van der Waals surface area (Å²) in [5.41, 5.74) is 3.31. The normalized spacial score (nSPS) is 19.6. The molecule has 1 saturated heterocycles. The van der Waals surface area contributed by atoms with E-state index >= 15 is 0 Å². The molecule has 2 atom stereocenters. The molecule has 7 nitrogen and oxygen atoms in total. The average Bonchev–Trinajstić information content (AvgIpc) is 3.23. The van der Waals surface area contributed by atoms with Crippen LogP contribution in [0.1, 0.15) is 48.1 Å². The fraction of sp³-hybridized carbons (Fsp3) is 0.458. The lowest BCUT2D eigenvalue weighted by Gasteiger charge is -2.27. The maximum Gasteiger partial charge on any atom is 0.244 e. The Balaban J connectivity index is 1.54. The molecule has 2 aliphatic heterocycles. The van der Waals surface area contributed by atoms with E-state index in [1.807, 2.05) is 58.0 Å². The fourth-order valence-corrected chi connectivity index (χ4v) is 6.77. The van der Waals surface area contributed by atoms with E-state index in [1.54, 1.807) is 0 Å². The van der Waals surface area contributed by atoms with E-state index in [2.05, 4.69) is 5.32 Å². The van der Waals surface area contributed by atoms with Crippen molar-refractivity contribution in [2.75, 3.05) is 19.8 Å². The topological polar surface area (TPSA) is 84.9 Å². The Bertz CT molecular complexity index is 1120. The van der Waals surface area contributed by atoms with Crippen molar-refractivity contribution >= 4 is 15.9 Å². The van der Waals surface area contributed by atoms with E-state index in [-0.39, 0.29) is 11.9 Å². The van der Waals surface area contributed by atoms with E-state index in [0.717, 1.165) is 11.1 Å². The molecule has 0 aromatic heterocycles. The highest BCUT2D eigenvalue weighted by Gasteiger charge is 2.41. The zero-order chi connectivity index (χ0) is 23.0. The maximum atomic E-state index is 13.5. The van der Waals surface area contributed by atoms with Crippen LogP contribution in [0.2, 0.25) is 0 Å². The summed E-state index contributed by atoms with van der Waals surface area (Å²) >= 11 is 0. The Morgan fingerprint density at radius 2 is 1.72 bits per heavy atom. The van der Waals surface area contributed by atoms with Crippen LogP contribution >= 0.6 is 0 Å². The van der Waals surface area contributed by atoms with Crippen molar-refractivity contribution in [1.82, 2.24) is 9.62 Å².